The van der Waals surface area contributed by atoms with Crippen molar-refractivity contribution in [1.82, 2.24) is 9.80 Å². The zero-order chi connectivity index (χ0) is 26.9. The van der Waals surface area contributed by atoms with Crippen LogP contribution in [-0.4, -0.2) is 82.7 Å². The van der Waals surface area contributed by atoms with E-state index in [0.29, 0.717) is 32.5 Å². The number of unbranched alkanes of at least 4 members (excludes halogenated alkanes) is 2. The van der Waals surface area contributed by atoms with Crippen LogP contribution in [0.1, 0.15) is 46.0 Å². The van der Waals surface area contributed by atoms with Gasteiger partial charge in [0, 0.05) is 38.0 Å². The molecule has 5 rings (SSSR count). The molecule has 8 heteroatoms. The molecule has 38 heavy (non-hydrogen) atoms. The second kappa shape index (κ2) is 11.0. The minimum Gasteiger partial charge on any atom is -0.396 e. The topological polar surface area (TPSA) is 90.4 Å². The number of amides is 3. The monoisotopic (exact) mass is 521 g/mol. The lowest BCUT2D eigenvalue weighted by Crippen LogP contribution is -2.56. The summed E-state index contributed by atoms with van der Waals surface area (Å²) >= 11 is 0. The van der Waals surface area contributed by atoms with Gasteiger partial charge in [-0.15, -0.1) is 0 Å². The fourth-order valence-corrected chi connectivity index (χ4v) is 6.77. The van der Waals surface area contributed by atoms with Crippen molar-refractivity contribution in [2.24, 2.45) is 11.8 Å². The lowest BCUT2D eigenvalue weighted by molar-refractivity contribution is -0.148. The number of nitrogens with zero attached hydrogens (tertiary/aromatic N) is 3. The Bertz CT molecular complexity index is 1100. The molecule has 1 N–H and O–H groups in total. The van der Waals surface area contributed by atoms with Gasteiger partial charge in [-0.2, -0.15) is 0 Å². The number of anilines is 1. The zero-order valence-corrected chi connectivity index (χ0v) is 22.4. The number of aliphatic hydroxyl groups excluding tert-OH is 1. The van der Waals surface area contributed by atoms with Gasteiger partial charge in [-0.25, -0.2) is 0 Å². The molecule has 1 aromatic rings. The van der Waals surface area contributed by atoms with Crippen molar-refractivity contribution in [2.75, 3.05) is 31.1 Å². The molecule has 204 valence electrons. The molecule has 2 saturated heterocycles. The molecule has 0 radical (unpaired) electrons. The van der Waals surface area contributed by atoms with Gasteiger partial charge in [0.05, 0.1) is 17.9 Å². The van der Waals surface area contributed by atoms with E-state index in [1.165, 1.54) is 0 Å². The van der Waals surface area contributed by atoms with Gasteiger partial charge in [0.15, 0.2) is 0 Å². The Balaban J connectivity index is 1.54. The number of fused-ring (bicyclic) bond motifs is 2. The van der Waals surface area contributed by atoms with E-state index in [0.717, 1.165) is 24.9 Å². The Morgan fingerprint density at radius 2 is 1.82 bits per heavy atom. The summed E-state index contributed by atoms with van der Waals surface area (Å²) in [6.45, 7) is 5.50. The minimum atomic E-state index is -1.19. The molecule has 0 saturated carbocycles. The van der Waals surface area contributed by atoms with E-state index in [2.05, 4.69) is 13.8 Å². The normalized spacial score (nSPS) is 31.2. The molecular weight excluding hydrogens is 482 g/mol. The van der Waals surface area contributed by atoms with Gasteiger partial charge in [0.1, 0.15) is 11.6 Å². The zero-order valence-electron chi connectivity index (χ0n) is 22.4. The van der Waals surface area contributed by atoms with Crippen LogP contribution >= 0.6 is 0 Å². The second-order valence-corrected chi connectivity index (χ2v) is 10.9. The summed E-state index contributed by atoms with van der Waals surface area (Å²) < 4.78 is 6.71. The number of carbonyl (C=O) groups is 3. The number of likely N-dealkylation sites (tertiary alicyclic amines) is 1. The maximum atomic E-state index is 14.2. The summed E-state index contributed by atoms with van der Waals surface area (Å²) in [4.78, 5) is 47.8. The average Bonchev–Trinajstić information content (AvgIpc) is 3.22. The molecule has 4 heterocycles. The Morgan fingerprint density at radius 1 is 1.03 bits per heavy atom. The third kappa shape index (κ3) is 4.37. The van der Waals surface area contributed by atoms with Gasteiger partial charge in [-0.1, -0.05) is 55.8 Å². The Morgan fingerprint density at radius 3 is 2.55 bits per heavy atom. The van der Waals surface area contributed by atoms with Gasteiger partial charge < -0.3 is 24.5 Å². The van der Waals surface area contributed by atoms with Crippen LogP contribution in [0.15, 0.2) is 54.6 Å². The van der Waals surface area contributed by atoms with Crippen LogP contribution in [0, 0.1) is 11.8 Å². The first-order valence-electron chi connectivity index (χ1n) is 14.0. The summed E-state index contributed by atoms with van der Waals surface area (Å²) in [5, 5.41) is 9.24. The van der Waals surface area contributed by atoms with Gasteiger partial charge >= 0.3 is 0 Å². The van der Waals surface area contributed by atoms with Crippen LogP contribution in [0.25, 0.3) is 0 Å². The van der Waals surface area contributed by atoms with E-state index in [1.807, 2.05) is 59.5 Å². The molecule has 8 nitrogen and oxygen atoms in total. The lowest BCUT2D eigenvalue weighted by atomic mass is 9.77. The van der Waals surface area contributed by atoms with Crippen LogP contribution in [0.2, 0.25) is 0 Å². The predicted molar refractivity (Wildman–Crippen MR) is 144 cm³/mol. The molecule has 2 unspecified atom stereocenters. The lowest BCUT2D eigenvalue weighted by Gasteiger charge is -2.37. The van der Waals surface area contributed by atoms with E-state index in [9.17, 15) is 19.5 Å². The number of para-hydroxylation sites is 1. The number of hydrogen-bond donors (Lipinski definition) is 1. The van der Waals surface area contributed by atoms with Gasteiger partial charge in [0.2, 0.25) is 17.7 Å². The third-order valence-electron chi connectivity index (χ3n) is 8.55. The molecule has 4 aliphatic heterocycles. The van der Waals surface area contributed by atoms with Crippen molar-refractivity contribution in [3.8, 4) is 0 Å². The Kier molecular flexibility index (Phi) is 7.73. The van der Waals surface area contributed by atoms with E-state index in [-0.39, 0.29) is 30.4 Å². The number of aliphatic hydroxyl groups is 1. The molecule has 0 bridgehead atoms. The maximum Gasteiger partial charge on any atom is 0.249 e. The molecule has 6 atom stereocenters. The molecule has 1 spiro atoms. The van der Waals surface area contributed by atoms with E-state index in [4.69, 9.17) is 4.74 Å². The van der Waals surface area contributed by atoms with Crippen LogP contribution < -0.4 is 4.90 Å². The predicted octanol–water partition coefficient (Wildman–Crippen LogP) is 2.92. The van der Waals surface area contributed by atoms with Crippen LogP contribution in [-0.2, 0) is 19.1 Å². The van der Waals surface area contributed by atoms with E-state index >= 15 is 0 Å². The Labute approximate surface area is 224 Å². The fraction of sp³-hybridized carbons (Fsp3) is 0.567. The first-order chi connectivity index (χ1) is 18.4. The highest BCUT2D eigenvalue weighted by molar-refractivity contribution is 6.03. The minimum absolute atomic E-state index is 0.0275. The van der Waals surface area contributed by atoms with E-state index < -0.39 is 29.6 Å². The first-order valence-corrected chi connectivity index (χ1v) is 14.0. The number of benzene rings is 1. The highest BCUT2D eigenvalue weighted by atomic mass is 16.5. The Hall–Kier alpha value is -2.97. The van der Waals surface area contributed by atoms with Crippen LogP contribution in [0.5, 0.6) is 0 Å². The molecule has 4 aliphatic rings. The summed E-state index contributed by atoms with van der Waals surface area (Å²) in [7, 11) is 0. The highest BCUT2D eigenvalue weighted by Crippen LogP contribution is 2.53. The van der Waals surface area contributed by atoms with Gasteiger partial charge in [-0.3, -0.25) is 14.4 Å². The van der Waals surface area contributed by atoms with Crippen molar-refractivity contribution >= 4 is 23.4 Å². The van der Waals surface area contributed by atoms with Gasteiger partial charge in [0.25, 0.3) is 0 Å². The second-order valence-electron chi connectivity index (χ2n) is 10.9. The third-order valence-corrected chi connectivity index (χ3v) is 8.55. The molecule has 0 aromatic heterocycles. The van der Waals surface area contributed by atoms with Crippen molar-refractivity contribution < 1.29 is 24.2 Å². The molecule has 1 aromatic carbocycles. The number of carbonyl (C=O) groups excluding carboxylic acids is 3. The van der Waals surface area contributed by atoms with Crippen molar-refractivity contribution in [1.29, 1.82) is 0 Å². The van der Waals surface area contributed by atoms with Crippen molar-refractivity contribution in [2.45, 2.75) is 69.7 Å². The van der Waals surface area contributed by atoms with Crippen molar-refractivity contribution in [3.05, 3.63) is 54.6 Å². The van der Waals surface area contributed by atoms with Crippen LogP contribution in [0.4, 0.5) is 5.69 Å². The molecule has 2 fully saturated rings. The highest BCUT2D eigenvalue weighted by Gasteiger charge is 2.71. The molecule has 3 amide bonds. The largest absolute Gasteiger partial charge is 0.396 e. The summed E-state index contributed by atoms with van der Waals surface area (Å²) in [6, 6.07) is 8.70. The maximum absolute atomic E-state index is 14.2. The number of hydrogen-bond acceptors (Lipinski definition) is 5. The number of rotatable bonds is 9. The quantitative estimate of drug-likeness (QED) is 0.399. The van der Waals surface area contributed by atoms with E-state index in [1.54, 1.807) is 9.80 Å². The summed E-state index contributed by atoms with van der Waals surface area (Å²) in [5.41, 5.74) is -0.417. The van der Waals surface area contributed by atoms with Gasteiger partial charge in [-0.05, 0) is 44.7 Å². The molecular formula is C30H39N3O5. The molecule has 0 aliphatic carbocycles. The standard InChI is InChI=1S/C30H39N3O5/c1-3-12-21(2)31-19-11-16-30-25(28(36)33(26(30)29(31)37)17-8-5-9-20-34)24-23(38-30)15-10-18-32(27(24)35)22-13-6-4-7-14-22/h4,6-7,10-11,13-16,21,23-26,34H,3,5,8-9,12,17-20H2,1-2H3/t21?,23-,24+,25+,26?,30+/m1/s1. The number of ether oxygens (including phenoxy) is 1. The fourth-order valence-electron chi connectivity index (χ4n) is 6.77. The summed E-state index contributed by atoms with van der Waals surface area (Å²) in [5.74, 6) is -1.95. The smallest absolute Gasteiger partial charge is 0.249 e. The first kappa shape index (κ1) is 26.6. The average molecular weight is 522 g/mol. The summed E-state index contributed by atoms with van der Waals surface area (Å²) in [6.07, 6.45) is 11.0. The van der Waals surface area contributed by atoms with Crippen LogP contribution in [0.3, 0.4) is 0 Å². The SMILES string of the molecule is CCCC(C)N1CC=C[C@]23O[C@@H]4C=CCN(c5ccccc5)C(=O)[C@@H]4[C@H]2C(=O)N(CCCCCO)C3C1=O. The van der Waals surface area contributed by atoms with Crippen molar-refractivity contribution in [3.63, 3.8) is 0 Å².